The Morgan fingerprint density at radius 3 is 2.62 bits per heavy atom. The van der Waals surface area contributed by atoms with Gasteiger partial charge in [-0.3, -0.25) is 0 Å². The molecule has 0 unspecified atom stereocenters. The zero-order chi connectivity index (χ0) is 9.15. The predicted molar refractivity (Wildman–Crippen MR) is 53.8 cm³/mol. The van der Waals surface area contributed by atoms with Crippen molar-refractivity contribution < 1.29 is 4.74 Å². The van der Waals surface area contributed by atoms with Crippen LogP contribution in [0.2, 0.25) is 0 Å². The van der Waals surface area contributed by atoms with Crippen molar-refractivity contribution in [1.29, 1.82) is 0 Å². The van der Waals surface area contributed by atoms with E-state index in [2.05, 4.69) is 5.32 Å². The molecule has 2 heteroatoms. The fourth-order valence-electron chi connectivity index (χ4n) is 2.15. The van der Waals surface area contributed by atoms with Crippen LogP contribution in [0.5, 0.6) is 0 Å². The lowest BCUT2D eigenvalue weighted by Crippen LogP contribution is -2.42. The lowest BCUT2D eigenvalue weighted by atomic mass is 9.69. The van der Waals surface area contributed by atoms with Crippen molar-refractivity contribution in [1.82, 2.24) is 5.32 Å². The molecule has 2 nitrogen and oxygen atoms in total. The summed E-state index contributed by atoms with van der Waals surface area (Å²) in [5.41, 5.74) is 0.504. The third-order valence-corrected chi connectivity index (χ3v) is 3.42. The van der Waals surface area contributed by atoms with Gasteiger partial charge in [0, 0.05) is 18.6 Å². The third kappa shape index (κ3) is 2.44. The van der Waals surface area contributed by atoms with Crippen molar-refractivity contribution in [2.45, 2.75) is 32.1 Å². The number of nitrogens with one attached hydrogen (secondary N) is 1. The summed E-state index contributed by atoms with van der Waals surface area (Å²) in [6, 6.07) is 0. The van der Waals surface area contributed by atoms with Gasteiger partial charge in [0.1, 0.15) is 0 Å². The summed E-state index contributed by atoms with van der Waals surface area (Å²) in [6.45, 7) is 3.15. The van der Waals surface area contributed by atoms with Crippen LogP contribution in [0.25, 0.3) is 0 Å². The Hall–Kier alpha value is -0.0800. The summed E-state index contributed by atoms with van der Waals surface area (Å²) in [5.74, 6) is 0.909. The summed E-state index contributed by atoms with van der Waals surface area (Å²) in [6.07, 6.45) is 6.92. The molecule has 0 amide bonds. The second-order valence-electron chi connectivity index (χ2n) is 4.84. The van der Waals surface area contributed by atoms with Gasteiger partial charge in [0.05, 0.1) is 6.61 Å². The van der Waals surface area contributed by atoms with E-state index in [1.54, 1.807) is 0 Å². The van der Waals surface area contributed by atoms with E-state index in [0.29, 0.717) is 5.41 Å². The van der Waals surface area contributed by atoms with E-state index in [9.17, 15) is 0 Å². The molecule has 0 heterocycles. The van der Waals surface area contributed by atoms with Crippen molar-refractivity contribution in [2.75, 3.05) is 26.8 Å². The normalized spacial score (nSPS) is 25.6. The maximum Gasteiger partial charge on any atom is 0.0534 e. The molecule has 0 atom stereocenters. The van der Waals surface area contributed by atoms with E-state index in [-0.39, 0.29) is 0 Å². The first-order chi connectivity index (χ1) is 6.35. The molecular weight excluding hydrogens is 162 g/mol. The van der Waals surface area contributed by atoms with Crippen molar-refractivity contribution in [2.24, 2.45) is 11.3 Å². The monoisotopic (exact) mass is 183 g/mol. The van der Waals surface area contributed by atoms with Gasteiger partial charge >= 0.3 is 0 Å². The molecule has 2 fully saturated rings. The number of hydrogen-bond donors (Lipinski definition) is 1. The van der Waals surface area contributed by atoms with Crippen molar-refractivity contribution in [3.05, 3.63) is 0 Å². The summed E-state index contributed by atoms with van der Waals surface area (Å²) < 4.78 is 5.78. The average molecular weight is 183 g/mol. The first kappa shape index (κ1) is 9.47. The lowest BCUT2D eigenvalue weighted by Gasteiger charge is -2.41. The first-order valence-electron chi connectivity index (χ1n) is 5.57. The van der Waals surface area contributed by atoms with Gasteiger partial charge in [-0.05, 0) is 38.6 Å². The van der Waals surface area contributed by atoms with Gasteiger partial charge in [-0.15, -0.1) is 0 Å². The summed E-state index contributed by atoms with van der Waals surface area (Å²) >= 11 is 0. The van der Waals surface area contributed by atoms with Crippen LogP contribution in [0.15, 0.2) is 0 Å². The Labute approximate surface area is 81.0 Å². The van der Waals surface area contributed by atoms with E-state index >= 15 is 0 Å². The van der Waals surface area contributed by atoms with E-state index in [1.165, 1.54) is 32.1 Å². The highest BCUT2D eigenvalue weighted by Gasteiger charge is 2.36. The molecule has 2 aliphatic carbocycles. The first-order valence-corrected chi connectivity index (χ1v) is 5.57. The molecule has 0 aromatic heterocycles. The maximum atomic E-state index is 5.78. The van der Waals surface area contributed by atoms with Crippen LogP contribution in [0, 0.1) is 11.3 Å². The third-order valence-electron chi connectivity index (χ3n) is 3.42. The topological polar surface area (TPSA) is 21.3 Å². The molecule has 0 saturated heterocycles. The molecular formula is C11H21NO. The minimum atomic E-state index is 0.504. The van der Waals surface area contributed by atoms with E-state index < -0.39 is 0 Å². The summed E-state index contributed by atoms with van der Waals surface area (Å²) in [4.78, 5) is 0. The number of ether oxygens (including phenoxy) is 1. The van der Waals surface area contributed by atoms with E-state index in [0.717, 1.165) is 25.7 Å². The van der Waals surface area contributed by atoms with Crippen molar-refractivity contribution in [3.63, 3.8) is 0 Å². The minimum absolute atomic E-state index is 0.504. The van der Waals surface area contributed by atoms with Crippen LogP contribution in [-0.2, 0) is 4.74 Å². The number of rotatable bonds is 6. The van der Waals surface area contributed by atoms with E-state index in [1.807, 2.05) is 7.05 Å². The molecule has 0 aliphatic heterocycles. The fourth-order valence-corrected chi connectivity index (χ4v) is 2.15. The van der Waals surface area contributed by atoms with Gasteiger partial charge in [0.15, 0.2) is 0 Å². The Morgan fingerprint density at radius 2 is 2.15 bits per heavy atom. The van der Waals surface area contributed by atoms with Crippen molar-refractivity contribution >= 4 is 0 Å². The number of hydrogen-bond acceptors (Lipinski definition) is 2. The van der Waals surface area contributed by atoms with Gasteiger partial charge in [-0.25, -0.2) is 0 Å². The quantitative estimate of drug-likeness (QED) is 0.678. The molecule has 0 bridgehead atoms. The molecule has 0 aromatic rings. The zero-order valence-electron chi connectivity index (χ0n) is 8.64. The highest BCUT2D eigenvalue weighted by molar-refractivity contribution is 4.89. The SMILES string of the molecule is CNCC1(COCC2CC2)CCC1. The average Bonchev–Trinajstić information content (AvgIpc) is 2.83. The summed E-state index contributed by atoms with van der Waals surface area (Å²) in [7, 11) is 2.04. The largest absolute Gasteiger partial charge is 0.381 e. The standard InChI is InChI=1S/C11H21NO/c1-12-8-11(5-2-6-11)9-13-7-10-3-4-10/h10,12H,2-9H2,1H3. The summed E-state index contributed by atoms with van der Waals surface area (Å²) in [5, 5.41) is 3.28. The second-order valence-corrected chi connectivity index (χ2v) is 4.84. The van der Waals surface area contributed by atoms with E-state index in [4.69, 9.17) is 4.74 Å². The van der Waals surface area contributed by atoms with Gasteiger partial charge in [0.25, 0.3) is 0 Å². The molecule has 0 radical (unpaired) electrons. The molecule has 76 valence electrons. The molecule has 2 saturated carbocycles. The molecule has 13 heavy (non-hydrogen) atoms. The van der Waals surface area contributed by atoms with Gasteiger partial charge in [-0.1, -0.05) is 6.42 Å². The van der Waals surface area contributed by atoms with Crippen molar-refractivity contribution in [3.8, 4) is 0 Å². The Kier molecular flexibility index (Phi) is 2.89. The molecule has 1 N–H and O–H groups in total. The van der Waals surface area contributed by atoms with Crippen LogP contribution >= 0.6 is 0 Å². The smallest absolute Gasteiger partial charge is 0.0534 e. The lowest BCUT2D eigenvalue weighted by molar-refractivity contribution is -0.00805. The van der Waals surface area contributed by atoms with Crippen LogP contribution < -0.4 is 5.32 Å². The van der Waals surface area contributed by atoms with Crippen LogP contribution in [0.3, 0.4) is 0 Å². The highest BCUT2D eigenvalue weighted by Crippen LogP contribution is 2.41. The maximum absolute atomic E-state index is 5.78. The molecule has 0 aromatic carbocycles. The fraction of sp³-hybridized carbons (Fsp3) is 1.00. The Morgan fingerprint density at radius 1 is 1.38 bits per heavy atom. The molecule has 0 spiro atoms. The van der Waals surface area contributed by atoms with Crippen LogP contribution in [0.4, 0.5) is 0 Å². The van der Waals surface area contributed by atoms with Crippen LogP contribution in [-0.4, -0.2) is 26.8 Å². The van der Waals surface area contributed by atoms with Crippen LogP contribution in [0.1, 0.15) is 32.1 Å². The van der Waals surface area contributed by atoms with Gasteiger partial charge in [-0.2, -0.15) is 0 Å². The Balaban J connectivity index is 1.64. The van der Waals surface area contributed by atoms with Gasteiger partial charge in [0.2, 0.25) is 0 Å². The van der Waals surface area contributed by atoms with Gasteiger partial charge < -0.3 is 10.1 Å². The minimum Gasteiger partial charge on any atom is -0.381 e. The second kappa shape index (κ2) is 3.97. The Bertz CT molecular complexity index is 161. The predicted octanol–water partition coefficient (Wildman–Crippen LogP) is 1.80. The molecule has 2 aliphatic rings. The molecule has 2 rings (SSSR count). The zero-order valence-corrected chi connectivity index (χ0v) is 8.64. The highest BCUT2D eigenvalue weighted by atomic mass is 16.5.